The van der Waals surface area contributed by atoms with Crippen molar-refractivity contribution in [2.45, 2.75) is 20.4 Å². The summed E-state index contributed by atoms with van der Waals surface area (Å²) >= 11 is 3.44. The van der Waals surface area contributed by atoms with Gasteiger partial charge in [0.1, 0.15) is 0 Å². The van der Waals surface area contributed by atoms with Gasteiger partial charge in [-0.25, -0.2) is 0 Å². The minimum Gasteiger partial charge on any atom is -0.419 e. The number of carbonyl (C=O) groups is 1. The molecule has 0 saturated carbocycles. The average molecular weight is 393 g/mol. The molecule has 1 saturated heterocycles. The molecule has 7 heteroatoms. The van der Waals surface area contributed by atoms with Crippen molar-refractivity contribution in [1.29, 1.82) is 0 Å². The molecule has 6 nitrogen and oxygen atoms in total. The molecular weight excluding hydrogens is 372 g/mol. The highest BCUT2D eigenvalue weighted by Gasteiger charge is 2.23. The van der Waals surface area contributed by atoms with Gasteiger partial charge in [-0.1, -0.05) is 35.8 Å². The first-order valence-electron chi connectivity index (χ1n) is 8.12. The maximum atomic E-state index is 12.0. The molecular formula is C17H21BrN4O2. The highest BCUT2D eigenvalue weighted by Crippen LogP contribution is 2.22. The van der Waals surface area contributed by atoms with Gasteiger partial charge in [0.05, 0.1) is 6.54 Å². The Morgan fingerprint density at radius 3 is 2.67 bits per heavy atom. The first kappa shape index (κ1) is 17.1. The lowest BCUT2D eigenvalue weighted by Crippen LogP contribution is -2.49. The van der Waals surface area contributed by atoms with Crippen LogP contribution in [-0.4, -0.2) is 52.1 Å². The van der Waals surface area contributed by atoms with Crippen molar-refractivity contribution in [2.75, 3.05) is 26.2 Å². The number of amides is 1. The normalized spacial score (nSPS) is 15.9. The molecule has 1 aliphatic heterocycles. The maximum absolute atomic E-state index is 12.0. The van der Waals surface area contributed by atoms with E-state index in [1.54, 1.807) is 0 Å². The van der Waals surface area contributed by atoms with Gasteiger partial charge in [0.25, 0.3) is 0 Å². The smallest absolute Gasteiger partial charge is 0.247 e. The van der Waals surface area contributed by atoms with Gasteiger partial charge in [0, 0.05) is 42.1 Å². The molecule has 0 unspecified atom stereocenters. The Morgan fingerprint density at radius 1 is 1.25 bits per heavy atom. The molecule has 1 aromatic carbocycles. The summed E-state index contributed by atoms with van der Waals surface area (Å²) in [7, 11) is 0. The molecule has 128 valence electrons. The summed E-state index contributed by atoms with van der Waals surface area (Å²) in [5.74, 6) is 1.41. The van der Waals surface area contributed by atoms with Crippen LogP contribution in [0.25, 0.3) is 11.5 Å². The third-order valence-corrected chi connectivity index (χ3v) is 4.57. The van der Waals surface area contributed by atoms with Gasteiger partial charge in [0.2, 0.25) is 17.7 Å². The fourth-order valence-corrected chi connectivity index (χ4v) is 3.14. The summed E-state index contributed by atoms with van der Waals surface area (Å²) in [6.45, 7) is 7.66. The van der Waals surface area contributed by atoms with Crippen molar-refractivity contribution in [3.05, 3.63) is 34.6 Å². The van der Waals surface area contributed by atoms with Crippen LogP contribution in [0.4, 0.5) is 0 Å². The van der Waals surface area contributed by atoms with E-state index in [0.717, 1.165) is 36.2 Å². The zero-order chi connectivity index (χ0) is 17.1. The van der Waals surface area contributed by atoms with Crippen molar-refractivity contribution < 1.29 is 9.21 Å². The van der Waals surface area contributed by atoms with E-state index in [4.69, 9.17) is 4.42 Å². The number of carbonyl (C=O) groups excluding carboxylic acids is 1. The van der Waals surface area contributed by atoms with Gasteiger partial charge in [-0.15, -0.1) is 10.2 Å². The summed E-state index contributed by atoms with van der Waals surface area (Å²) < 4.78 is 6.75. The van der Waals surface area contributed by atoms with Crippen molar-refractivity contribution in [1.82, 2.24) is 20.0 Å². The number of benzene rings is 1. The molecule has 2 aromatic rings. The Bertz CT molecular complexity index is 708. The molecule has 2 heterocycles. The van der Waals surface area contributed by atoms with Crippen LogP contribution < -0.4 is 0 Å². The second-order valence-corrected chi connectivity index (χ2v) is 7.18. The van der Waals surface area contributed by atoms with Gasteiger partial charge in [0.15, 0.2) is 0 Å². The van der Waals surface area contributed by atoms with E-state index < -0.39 is 0 Å². The van der Waals surface area contributed by atoms with Gasteiger partial charge in [-0.3, -0.25) is 9.69 Å². The molecule has 0 N–H and O–H groups in total. The standard InChI is InChI=1S/C17H21BrN4O2/c1-12(2)17(23)22-8-6-21(7-9-22)11-15-19-20-16(24-15)13-4-3-5-14(18)10-13/h3-5,10,12H,6-9,11H2,1-2H3. The lowest BCUT2D eigenvalue weighted by atomic mass is 10.1. The predicted octanol–water partition coefficient (Wildman–Crippen LogP) is 2.80. The van der Waals surface area contributed by atoms with E-state index in [1.165, 1.54) is 0 Å². The quantitative estimate of drug-likeness (QED) is 0.800. The molecule has 0 spiro atoms. The molecule has 0 radical (unpaired) electrons. The van der Waals surface area contributed by atoms with Gasteiger partial charge < -0.3 is 9.32 Å². The molecule has 0 bridgehead atoms. The first-order valence-corrected chi connectivity index (χ1v) is 8.91. The van der Waals surface area contributed by atoms with Crippen LogP contribution in [0.15, 0.2) is 33.2 Å². The number of aromatic nitrogens is 2. The van der Waals surface area contributed by atoms with Gasteiger partial charge in [-0.2, -0.15) is 0 Å². The molecule has 24 heavy (non-hydrogen) atoms. The Hall–Kier alpha value is -1.73. The van der Waals surface area contributed by atoms with Crippen LogP contribution >= 0.6 is 15.9 Å². The van der Waals surface area contributed by atoms with Crippen LogP contribution in [0.3, 0.4) is 0 Å². The van der Waals surface area contributed by atoms with Crippen LogP contribution in [0.2, 0.25) is 0 Å². The number of hydrogen-bond acceptors (Lipinski definition) is 5. The van der Waals surface area contributed by atoms with E-state index in [0.29, 0.717) is 18.3 Å². The SMILES string of the molecule is CC(C)C(=O)N1CCN(Cc2nnc(-c3cccc(Br)c3)o2)CC1. The van der Waals surface area contributed by atoms with Crippen LogP contribution in [0.1, 0.15) is 19.7 Å². The largest absolute Gasteiger partial charge is 0.419 e. The zero-order valence-corrected chi connectivity index (χ0v) is 15.5. The number of halogens is 1. The monoisotopic (exact) mass is 392 g/mol. The summed E-state index contributed by atoms with van der Waals surface area (Å²) in [5, 5.41) is 8.28. The highest BCUT2D eigenvalue weighted by atomic mass is 79.9. The Labute approximate surface area is 150 Å². The van der Waals surface area contributed by atoms with Crippen LogP contribution in [-0.2, 0) is 11.3 Å². The number of piperazine rings is 1. The molecule has 0 atom stereocenters. The third kappa shape index (κ3) is 4.02. The number of rotatable bonds is 4. The van der Waals surface area contributed by atoms with Crippen molar-refractivity contribution in [3.63, 3.8) is 0 Å². The second-order valence-electron chi connectivity index (χ2n) is 6.27. The lowest BCUT2D eigenvalue weighted by Gasteiger charge is -2.34. The molecule has 1 aromatic heterocycles. The number of hydrogen-bond donors (Lipinski definition) is 0. The van der Waals surface area contributed by atoms with Crippen molar-refractivity contribution in [2.24, 2.45) is 5.92 Å². The van der Waals surface area contributed by atoms with E-state index in [9.17, 15) is 4.79 Å². The van der Waals surface area contributed by atoms with E-state index in [2.05, 4.69) is 31.0 Å². The minimum atomic E-state index is 0.0558. The fourth-order valence-electron chi connectivity index (χ4n) is 2.74. The lowest BCUT2D eigenvalue weighted by molar-refractivity contribution is -0.136. The van der Waals surface area contributed by atoms with E-state index in [-0.39, 0.29) is 11.8 Å². The Balaban J connectivity index is 1.57. The van der Waals surface area contributed by atoms with E-state index in [1.807, 2.05) is 43.0 Å². The second kappa shape index (κ2) is 7.44. The Kier molecular flexibility index (Phi) is 5.30. The summed E-state index contributed by atoms with van der Waals surface area (Å²) in [5.41, 5.74) is 0.899. The third-order valence-electron chi connectivity index (χ3n) is 4.08. The number of nitrogens with zero attached hydrogens (tertiary/aromatic N) is 4. The zero-order valence-electron chi connectivity index (χ0n) is 13.9. The van der Waals surface area contributed by atoms with Gasteiger partial charge in [-0.05, 0) is 18.2 Å². The topological polar surface area (TPSA) is 62.5 Å². The minimum absolute atomic E-state index is 0.0558. The van der Waals surface area contributed by atoms with Crippen LogP contribution in [0.5, 0.6) is 0 Å². The van der Waals surface area contributed by atoms with E-state index >= 15 is 0 Å². The van der Waals surface area contributed by atoms with Crippen molar-refractivity contribution in [3.8, 4) is 11.5 Å². The summed E-state index contributed by atoms with van der Waals surface area (Å²) in [4.78, 5) is 16.2. The predicted molar refractivity (Wildman–Crippen MR) is 94.1 cm³/mol. The summed E-state index contributed by atoms with van der Waals surface area (Å²) in [6, 6.07) is 7.79. The Morgan fingerprint density at radius 2 is 2.00 bits per heavy atom. The molecule has 1 fully saturated rings. The van der Waals surface area contributed by atoms with Crippen LogP contribution in [0, 0.1) is 5.92 Å². The molecule has 1 aliphatic rings. The highest BCUT2D eigenvalue weighted by molar-refractivity contribution is 9.10. The maximum Gasteiger partial charge on any atom is 0.247 e. The fraction of sp³-hybridized carbons (Fsp3) is 0.471. The summed E-state index contributed by atoms with van der Waals surface area (Å²) in [6.07, 6.45) is 0. The molecule has 1 amide bonds. The van der Waals surface area contributed by atoms with Crippen molar-refractivity contribution >= 4 is 21.8 Å². The molecule has 0 aliphatic carbocycles. The van der Waals surface area contributed by atoms with Gasteiger partial charge >= 0.3 is 0 Å². The average Bonchev–Trinajstić information content (AvgIpc) is 3.03. The molecule has 3 rings (SSSR count). The first-order chi connectivity index (χ1) is 11.5.